The van der Waals surface area contributed by atoms with E-state index in [0.717, 1.165) is 38.9 Å². The van der Waals surface area contributed by atoms with Gasteiger partial charge in [0.2, 0.25) is 0 Å². The van der Waals surface area contributed by atoms with Crippen LogP contribution in [0.2, 0.25) is 0 Å². The quantitative estimate of drug-likeness (QED) is 0.786. The lowest BCUT2D eigenvalue weighted by Crippen LogP contribution is -2.46. The summed E-state index contributed by atoms with van der Waals surface area (Å²) in [4.78, 5) is 29.0. The van der Waals surface area contributed by atoms with Gasteiger partial charge in [0.15, 0.2) is 0 Å². The molecule has 0 spiro atoms. The van der Waals surface area contributed by atoms with Gasteiger partial charge in [-0.3, -0.25) is 9.59 Å². The third-order valence-corrected chi connectivity index (χ3v) is 5.70. The van der Waals surface area contributed by atoms with Crippen LogP contribution in [0.25, 0.3) is 0 Å². The summed E-state index contributed by atoms with van der Waals surface area (Å²) in [7, 11) is 2.19. The van der Waals surface area contributed by atoms with Gasteiger partial charge < -0.3 is 15.1 Å². The molecule has 2 aromatic rings. The Morgan fingerprint density at radius 1 is 1.00 bits per heavy atom. The van der Waals surface area contributed by atoms with Crippen LogP contribution in [0.3, 0.4) is 0 Å². The van der Waals surface area contributed by atoms with Crippen molar-refractivity contribution in [2.45, 2.75) is 32.2 Å². The molecule has 1 heterocycles. The van der Waals surface area contributed by atoms with E-state index in [1.807, 2.05) is 17.9 Å². The molecule has 0 atom stereocenters. The van der Waals surface area contributed by atoms with Crippen molar-refractivity contribution in [2.24, 2.45) is 0 Å². The van der Waals surface area contributed by atoms with E-state index in [2.05, 4.69) is 41.5 Å². The Bertz CT molecular complexity index is 797. The van der Waals surface area contributed by atoms with E-state index in [1.54, 1.807) is 24.3 Å². The predicted molar refractivity (Wildman–Crippen MR) is 116 cm³/mol. The van der Waals surface area contributed by atoms with Gasteiger partial charge >= 0.3 is 0 Å². The van der Waals surface area contributed by atoms with Gasteiger partial charge in [0.05, 0.1) is 0 Å². The van der Waals surface area contributed by atoms with Crippen molar-refractivity contribution in [1.82, 2.24) is 15.1 Å². The summed E-state index contributed by atoms with van der Waals surface area (Å²) in [5.74, 6) is -0.0521. The maximum absolute atomic E-state index is 12.8. The number of nitrogens with one attached hydrogen (secondary N) is 1. The fraction of sp³-hybridized carbons (Fsp3) is 0.417. The summed E-state index contributed by atoms with van der Waals surface area (Å²) in [6.45, 7) is 5.06. The van der Waals surface area contributed by atoms with Crippen LogP contribution in [0.15, 0.2) is 54.6 Å². The van der Waals surface area contributed by atoms with Crippen LogP contribution in [0.4, 0.5) is 0 Å². The van der Waals surface area contributed by atoms with Crippen molar-refractivity contribution in [2.75, 3.05) is 33.2 Å². The topological polar surface area (TPSA) is 52.7 Å². The van der Waals surface area contributed by atoms with Gasteiger partial charge in [0.25, 0.3) is 11.8 Å². The van der Waals surface area contributed by atoms with Crippen LogP contribution in [-0.4, -0.2) is 60.9 Å². The lowest BCUT2D eigenvalue weighted by Gasteiger charge is -2.37. The fourth-order valence-corrected chi connectivity index (χ4v) is 3.85. The summed E-state index contributed by atoms with van der Waals surface area (Å²) in [5, 5.41) is 2.77. The molecule has 5 nitrogen and oxygen atoms in total. The number of carbonyl (C=O) groups is 2. The zero-order valence-corrected chi connectivity index (χ0v) is 17.4. The molecule has 2 amide bonds. The van der Waals surface area contributed by atoms with Crippen LogP contribution in [0.1, 0.15) is 46.0 Å². The molecule has 0 unspecified atom stereocenters. The normalized spacial score (nSPS) is 14.8. The van der Waals surface area contributed by atoms with Crippen molar-refractivity contribution in [3.63, 3.8) is 0 Å². The molecule has 0 aromatic heterocycles. The van der Waals surface area contributed by atoms with Crippen molar-refractivity contribution in [3.05, 3.63) is 71.3 Å². The molecule has 3 rings (SSSR count). The average Bonchev–Trinajstić information content (AvgIpc) is 2.78. The molecule has 1 aliphatic heterocycles. The zero-order chi connectivity index (χ0) is 20.6. The van der Waals surface area contributed by atoms with Crippen LogP contribution < -0.4 is 5.32 Å². The van der Waals surface area contributed by atoms with E-state index in [4.69, 9.17) is 0 Å². The SMILES string of the molecule is CCNC(=O)c1ccc(C(=O)N2CCC(N(C)CCc3ccccc3)CC2)cc1. The minimum atomic E-state index is -0.106. The van der Waals surface area contributed by atoms with Gasteiger partial charge in [0.1, 0.15) is 0 Å². The summed E-state index contributed by atoms with van der Waals surface area (Å²) in [6.07, 6.45) is 3.04. The Morgan fingerprint density at radius 3 is 2.24 bits per heavy atom. The Labute approximate surface area is 173 Å². The number of likely N-dealkylation sites (N-methyl/N-ethyl adjacent to an activating group) is 1. The molecule has 1 fully saturated rings. The van der Waals surface area contributed by atoms with E-state index >= 15 is 0 Å². The lowest BCUT2D eigenvalue weighted by molar-refractivity contribution is 0.0646. The minimum Gasteiger partial charge on any atom is -0.352 e. The van der Waals surface area contributed by atoms with Crippen LogP contribution >= 0.6 is 0 Å². The molecule has 154 valence electrons. The molecule has 0 radical (unpaired) electrons. The molecule has 1 saturated heterocycles. The Morgan fingerprint density at radius 2 is 1.62 bits per heavy atom. The first-order valence-corrected chi connectivity index (χ1v) is 10.5. The maximum Gasteiger partial charge on any atom is 0.253 e. The van der Waals surface area contributed by atoms with E-state index in [1.165, 1.54) is 5.56 Å². The highest BCUT2D eigenvalue weighted by Crippen LogP contribution is 2.18. The third-order valence-electron chi connectivity index (χ3n) is 5.70. The summed E-state index contributed by atoms with van der Waals surface area (Å²) in [5.41, 5.74) is 2.60. The van der Waals surface area contributed by atoms with Crippen molar-refractivity contribution in [3.8, 4) is 0 Å². The summed E-state index contributed by atoms with van der Waals surface area (Å²) >= 11 is 0. The second kappa shape index (κ2) is 10.2. The molecule has 2 aromatic carbocycles. The van der Waals surface area contributed by atoms with E-state index < -0.39 is 0 Å². The van der Waals surface area contributed by atoms with Gasteiger partial charge in [-0.15, -0.1) is 0 Å². The van der Waals surface area contributed by atoms with E-state index in [9.17, 15) is 9.59 Å². The van der Waals surface area contributed by atoms with E-state index in [0.29, 0.717) is 23.7 Å². The number of rotatable bonds is 7. The molecule has 0 aliphatic carbocycles. The third kappa shape index (κ3) is 5.67. The monoisotopic (exact) mass is 393 g/mol. The van der Waals surface area contributed by atoms with Crippen molar-refractivity contribution < 1.29 is 9.59 Å². The number of hydrogen-bond acceptors (Lipinski definition) is 3. The standard InChI is InChI=1S/C24H31N3O2/c1-3-25-23(28)20-9-11-21(12-10-20)24(29)27-17-14-22(15-18-27)26(2)16-13-19-7-5-4-6-8-19/h4-12,22H,3,13-18H2,1-2H3,(H,25,28). The summed E-state index contributed by atoms with van der Waals surface area (Å²) in [6, 6.07) is 18.0. The van der Waals surface area contributed by atoms with Gasteiger partial charge in [-0.25, -0.2) is 0 Å². The van der Waals surface area contributed by atoms with E-state index in [-0.39, 0.29) is 11.8 Å². The van der Waals surface area contributed by atoms with Crippen LogP contribution in [0.5, 0.6) is 0 Å². The van der Waals surface area contributed by atoms with Gasteiger partial charge in [-0.2, -0.15) is 0 Å². The number of benzene rings is 2. The molecule has 1 N–H and O–H groups in total. The Hall–Kier alpha value is -2.66. The molecular weight excluding hydrogens is 362 g/mol. The molecule has 29 heavy (non-hydrogen) atoms. The first-order valence-electron chi connectivity index (χ1n) is 10.5. The Kier molecular flexibility index (Phi) is 7.42. The first-order chi connectivity index (χ1) is 14.1. The van der Waals surface area contributed by atoms with Gasteiger partial charge in [0, 0.05) is 43.3 Å². The second-order valence-electron chi connectivity index (χ2n) is 7.68. The summed E-state index contributed by atoms with van der Waals surface area (Å²) < 4.78 is 0. The van der Waals surface area contributed by atoms with Crippen LogP contribution in [-0.2, 0) is 6.42 Å². The van der Waals surface area contributed by atoms with Gasteiger partial charge in [-0.1, -0.05) is 30.3 Å². The largest absolute Gasteiger partial charge is 0.352 e. The molecule has 0 bridgehead atoms. The lowest BCUT2D eigenvalue weighted by atomic mass is 10.0. The minimum absolute atomic E-state index is 0.0536. The maximum atomic E-state index is 12.8. The van der Waals surface area contributed by atoms with Gasteiger partial charge in [-0.05, 0) is 63.1 Å². The number of hydrogen-bond donors (Lipinski definition) is 1. The Balaban J connectivity index is 1.48. The first kappa shape index (κ1) is 21.1. The smallest absolute Gasteiger partial charge is 0.253 e. The molecule has 1 aliphatic rings. The number of piperidine rings is 1. The highest BCUT2D eigenvalue weighted by Gasteiger charge is 2.25. The van der Waals surface area contributed by atoms with Crippen molar-refractivity contribution in [1.29, 1.82) is 0 Å². The highest BCUT2D eigenvalue weighted by atomic mass is 16.2. The fourth-order valence-electron chi connectivity index (χ4n) is 3.85. The zero-order valence-electron chi connectivity index (χ0n) is 17.4. The highest BCUT2D eigenvalue weighted by molar-refractivity contribution is 5.97. The molecule has 0 saturated carbocycles. The molecule has 5 heteroatoms. The second-order valence-corrected chi connectivity index (χ2v) is 7.68. The number of nitrogens with zero attached hydrogens (tertiary/aromatic N) is 2. The molecular formula is C24H31N3O2. The number of likely N-dealkylation sites (tertiary alicyclic amines) is 1. The average molecular weight is 394 g/mol. The van der Waals surface area contributed by atoms with Crippen molar-refractivity contribution >= 4 is 11.8 Å². The number of carbonyl (C=O) groups excluding carboxylic acids is 2. The number of amides is 2. The predicted octanol–water partition coefficient (Wildman–Crippen LogP) is 3.22. The van der Waals surface area contributed by atoms with Crippen LogP contribution in [0, 0.1) is 0 Å².